The van der Waals surface area contributed by atoms with E-state index in [1.54, 1.807) is 7.05 Å². The molecule has 0 radical (unpaired) electrons. The maximum Gasteiger partial charge on any atom is 0.243 e. The molecule has 0 aliphatic heterocycles. The van der Waals surface area contributed by atoms with Gasteiger partial charge in [0, 0.05) is 12.7 Å². The van der Waals surface area contributed by atoms with Crippen LogP contribution in [0, 0.1) is 13.8 Å². The molecule has 128 valence electrons. The Kier molecular flexibility index (Phi) is 5.80. The number of nitrogens with one attached hydrogen (secondary N) is 2. The molecule has 2 aromatic rings. The summed E-state index contributed by atoms with van der Waals surface area (Å²) in [6.07, 6.45) is 0. The Balaban J connectivity index is 1.85. The van der Waals surface area contributed by atoms with Gasteiger partial charge in [-0.1, -0.05) is 30.0 Å². The molecule has 0 spiro atoms. The normalized spacial score (nSPS) is 10.5. The van der Waals surface area contributed by atoms with Crippen LogP contribution in [0.5, 0.6) is 0 Å². The fourth-order valence-corrected chi connectivity index (χ4v) is 2.80. The van der Waals surface area contributed by atoms with Gasteiger partial charge in [0.25, 0.3) is 0 Å². The van der Waals surface area contributed by atoms with Crippen molar-refractivity contribution in [3.8, 4) is 0 Å². The Morgan fingerprint density at radius 1 is 1.33 bits per heavy atom. The van der Waals surface area contributed by atoms with E-state index in [0.717, 1.165) is 28.6 Å². The van der Waals surface area contributed by atoms with E-state index in [1.165, 1.54) is 4.90 Å². The van der Waals surface area contributed by atoms with Gasteiger partial charge in [-0.2, -0.15) is 4.98 Å². The van der Waals surface area contributed by atoms with Gasteiger partial charge in [-0.3, -0.25) is 9.59 Å². The molecule has 4 N–H and O–H groups in total. The van der Waals surface area contributed by atoms with Crippen LogP contribution >= 0.6 is 11.8 Å². The van der Waals surface area contributed by atoms with Crippen LogP contribution < -0.4 is 11.1 Å². The van der Waals surface area contributed by atoms with Crippen molar-refractivity contribution in [3.05, 3.63) is 29.3 Å². The Bertz CT molecular complexity index is 725. The van der Waals surface area contributed by atoms with Gasteiger partial charge in [0.15, 0.2) is 0 Å². The predicted octanol–water partition coefficient (Wildman–Crippen LogP) is 1.19. The number of benzene rings is 1. The van der Waals surface area contributed by atoms with Gasteiger partial charge in [-0.15, -0.1) is 5.10 Å². The zero-order chi connectivity index (χ0) is 17.7. The number of carbonyl (C=O) groups excluding carboxylic acids is 2. The number of para-hydroxylation sites is 1. The van der Waals surface area contributed by atoms with Crippen molar-refractivity contribution in [1.82, 2.24) is 20.1 Å². The topological polar surface area (TPSA) is 117 Å². The summed E-state index contributed by atoms with van der Waals surface area (Å²) < 4.78 is 0. The zero-order valence-corrected chi connectivity index (χ0v) is 14.6. The van der Waals surface area contributed by atoms with E-state index in [4.69, 9.17) is 5.73 Å². The lowest BCUT2D eigenvalue weighted by molar-refractivity contribution is -0.131. The number of H-pyrrole nitrogens is 1. The first-order valence-electron chi connectivity index (χ1n) is 7.27. The second-order valence-electron chi connectivity index (χ2n) is 5.36. The van der Waals surface area contributed by atoms with Gasteiger partial charge in [-0.25, -0.2) is 5.10 Å². The molecule has 0 aliphatic rings. The van der Waals surface area contributed by atoms with E-state index in [9.17, 15) is 9.59 Å². The molecule has 2 rings (SSSR count). The highest BCUT2D eigenvalue weighted by Crippen LogP contribution is 2.19. The van der Waals surface area contributed by atoms with Gasteiger partial charge in [-0.05, 0) is 25.0 Å². The molecule has 0 atom stereocenters. The number of rotatable bonds is 6. The third-order valence-corrected chi connectivity index (χ3v) is 4.19. The number of aryl methyl sites for hydroxylation is 2. The molecule has 0 saturated carbocycles. The maximum absolute atomic E-state index is 12.2. The lowest BCUT2D eigenvalue weighted by Crippen LogP contribution is -2.36. The lowest BCUT2D eigenvalue weighted by atomic mass is 10.1. The van der Waals surface area contributed by atoms with Crippen molar-refractivity contribution < 1.29 is 9.59 Å². The molecule has 1 heterocycles. The van der Waals surface area contributed by atoms with Gasteiger partial charge >= 0.3 is 0 Å². The van der Waals surface area contributed by atoms with E-state index in [0.29, 0.717) is 5.16 Å². The number of nitrogens with two attached hydrogens (primary N) is 1. The van der Waals surface area contributed by atoms with Gasteiger partial charge in [0.2, 0.25) is 22.9 Å². The second-order valence-corrected chi connectivity index (χ2v) is 6.30. The third kappa shape index (κ3) is 4.72. The highest BCUT2D eigenvalue weighted by atomic mass is 32.2. The van der Waals surface area contributed by atoms with Crippen molar-refractivity contribution in [3.63, 3.8) is 0 Å². The van der Waals surface area contributed by atoms with Crippen LogP contribution in [-0.4, -0.2) is 51.2 Å². The smallest absolute Gasteiger partial charge is 0.243 e. The minimum atomic E-state index is -0.240. The number of nitrogen functional groups attached to an aromatic ring is 1. The number of anilines is 2. The summed E-state index contributed by atoms with van der Waals surface area (Å²) in [6.45, 7) is 3.83. The quantitative estimate of drug-likeness (QED) is 0.675. The number of nitrogens with zero attached hydrogens (tertiary/aromatic N) is 3. The largest absolute Gasteiger partial charge is 0.368 e. The first kappa shape index (κ1) is 17.8. The molecule has 2 amide bonds. The van der Waals surface area contributed by atoms with Gasteiger partial charge in [0.1, 0.15) is 0 Å². The third-order valence-electron chi connectivity index (χ3n) is 3.36. The van der Waals surface area contributed by atoms with Crippen molar-refractivity contribution >= 4 is 35.2 Å². The van der Waals surface area contributed by atoms with E-state index >= 15 is 0 Å². The molecule has 0 unspecified atom stereocenters. The minimum Gasteiger partial charge on any atom is -0.368 e. The van der Waals surface area contributed by atoms with Gasteiger partial charge in [0.05, 0.1) is 12.3 Å². The fraction of sp³-hybridized carbons (Fsp3) is 0.333. The Hall–Kier alpha value is -2.55. The van der Waals surface area contributed by atoms with Crippen LogP contribution in [0.15, 0.2) is 23.4 Å². The molecule has 24 heavy (non-hydrogen) atoms. The van der Waals surface area contributed by atoms with Crippen LogP contribution in [0.4, 0.5) is 11.6 Å². The molecule has 0 aliphatic carbocycles. The van der Waals surface area contributed by atoms with Crippen molar-refractivity contribution in [2.75, 3.05) is 30.4 Å². The van der Waals surface area contributed by atoms with E-state index in [1.807, 2.05) is 32.0 Å². The zero-order valence-electron chi connectivity index (χ0n) is 13.8. The van der Waals surface area contributed by atoms with Crippen LogP contribution in [0.3, 0.4) is 0 Å². The SMILES string of the molecule is Cc1cccc(C)c1NC(=O)CN(C)C(=O)CSc1n[nH]c(N)n1. The summed E-state index contributed by atoms with van der Waals surface area (Å²) >= 11 is 1.16. The monoisotopic (exact) mass is 348 g/mol. The van der Waals surface area contributed by atoms with E-state index in [-0.39, 0.29) is 30.1 Å². The molecule has 1 aromatic carbocycles. The standard InChI is InChI=1S/C15H20N6O2S/c1-9-5-4-6-10(2)13(9)17-11(22)7-21(3)12(23)8-24-15-18-14(16)19-20-15/h4-6H,7-8H2,1-3H3,(H,17,22)(H3,16,18,19,20). The molecule has 1 aromatic heterocycles. The number of aromatic nitrogens is 3. The molecule has 9 heteroatoms. The first-order valence-corrected chi connectivity index (χ1v) is 8.26. The maximum atomic E-state index is 12.2. The first-order chi connectivity index (χ1) is 11.4. The molecule has 0 saturated heterocycles. The van der Waals surface area contributed by atoms with E-state index in [2.05, 4.69) is 20.5 Å². The average Bonchev–Trinajstić information content (AvgIpc) is 2.94. The van der Waals surface area contributed by atoms with Gasteiger partial charge < -0.3 is 16.0 Å². The summed E-state index contributed by atoms with van der Waals surface area (Å²) in [4.78, 5) is 29.5. The number of amides is 2. The van der Waals surface area contributed by atoms with Crippen molar-refractivity contribution in [2.24, 2.45) is 0 Å². The summed E-state index contributed by atoms with van der Waals surface area (Å²) in [6, 6.07) is 5.79. The summed E-state index contributed by atoms with van der Waals surface area (Å²) in [5, 5.41) is 9.59. The molecule has 8 nitrogen and oxygen atoms in total. The van der Waals surface area contributed by atoms with Crippen LogP contribution in [-0.2, 0) is 9.59 Å². The van der Waals surface area contributed by atoms with E-state index < -0.39 is 0 Å². The van der Waals surface area contributed by atoms with Crippen molar-refractivity contribution in [1.29, 1.82) is 0 Å². The summed E-state index contributed by atoms with van der Waals surface area (Å²) in [7, 11) is 1.58. The fourth-order valence-electron chi connectivity index (χ4n) is 2.05. The Labute approximate surface area is 144 Å². The Morgan fingerprint density at radius 2 is 2.00 bits per heavy atom. The van der Waals surface area contributed by atoms with Crippen molar-refractivity contribution in [2.45, 2.75) is 19.0 Å². The Morgan fingerprint density at radius 3 is 2.58 bits per heavy atom. The van der Waals surface area contributed by atoms with Crippen LogP contribution in [0.1, 0.15) is 11.1 Å². The minimum absolute atomic E-state index is 0.0245. The molecule has 0 fully saturated rings. The number of carbonyl (C=O) groups is 2. The summed E-state index contributed by atoms with van der Waals surface area (Å²) in [5.74, 6) is -0.105. The molecular formula is C15H20N6O2S. The predicted molar refractivity (Wildman–Crippen MR) is 93.7 cm³/mol. The second kappa shape index (κ2) is 7.82. The molecular weight excluding hydrogens is 328 g/mol. The number of likely N-dealkylation sites (N-methyl/N-ethyl adjacent to an activating group) is 1. The highest BCUT2D eigenvalue weighted by Gasteiger charge is 2.15. The average molecular weight is 348 g/mol. The number of hydrogen-bond acceptors (Lipinski definition) is 6. The number of aromatic amines is 1. The molecule has 0 bridgehead atoms. The highest BCUT2D eigenvalue weighted by molar-refractivity contribution is 7.99. The number of hydrogen-bond donors (Lipinski definition) is 3. The lowest BCUT2D eigenvalue weighted by Gasteiger charge is -2.17. The van der Waals surface area contributed by atoms with Crippen LogP contribution in [0.25, 0.3) is 0 Å². The van der Waals surface area contributed by atoms with Crippen LogP contribution in [0.2, 0.25) is 0 Å². The summed E-state index contributed by atoms with van der Waals surface area (Å²) in [5.41, 5.74) is 8.17. The number of thioether (sulfide) groups is 1.